The number of likely N-dealkylation sites (tertiary alicyclic amines) is 1. The normalized spacial score (nSPS) is 20.9. The van der Waals surface area contributed by atoms with E-state index in [4.69, 9.17) is 4.74 Å². The van der Waals surface area contributed by atoms with Crippen molar-refractivity contribution < 1.29 is 18.7 Å². The minimum absolute atomic E-state index is 0.0984. The molecule has 1 aromatic carbocycles. The molecule has 2 saturated heterocycles. The molecule has 1 atom stereocenters. The quantitative estimate of drug-likeness (QED) is 0.884. The number of piperidine rings is 1. The summed E-state index contributed by atoms with van der Waals surface area (Å²) in [7, 11) is 0. The number of pyridine rings is 1. The van der Waals surface area contributed by atoms with E-state index in [-0.39, 0.29) is 23.2 Å². The summed E-state index contributed by atoms with van der Waals surface area (Å²) in [5.74, 6) is -0.613. The predicted molar refractivity (Wildman–Crippen MR) is 101 cm³/mol. The zero-order valence-corrected chi connectivity index (χ0v) is 15.4. The molecule has 2 fully saturated rings. The molecule has 1 spiro atoms. The van der Waals surface area contributed by atoms with Gasteiger partial charge in [-0.3, -0.25) is 14.6 Å². The summed E-state index contributed by atoms with van der Waals surface area (Å²) in [5, 5.41) is 2.84. The van der Waals surface area contributed by atoms with Gasteiger partial charge in [-0.2, -0.15) is 0 Å². The Morgan fingerprint density at radius 2 is 1.89 bits per heavy atom. The van der Waals surface area contributed by atoms with Gasteiger partial charge in [0.25, 0.3) is 11.8 Å². The minimum atomic E-state index is -0.487. The summed E-state index contributed by atoms with van der Waals surface area (Å²) in [4.78, 5) is 30.8. The van der Waals surface area contributed by atoms with Gasteiger partial charge in [0.1, 0.15) is 11.9 Å². The number of amides is 2. The number of carbonyl (C=O) groups excluding carboxylic acids is 2. The summed E-state index contributed by atoms with van der Waals surface area (Å²) < 4.78 is 19.2. The van der Waals surface area contributed by atoms with Crippen molar-refractivity contribution in [3.63, 3.8) is 0 Å². The molecule has 0 bridgehead atoms. The molecule has 1 unspecified atom stereocenters. The highest BCUT2D eigenvalue weighted by molar-refractivity contribution is 5.95. The van der Waals surface area contributed by atoms with Crippen molar-refractivity contribution >= 4 is 17.5 Å². The summed E-state index contributed by atoms with van der Waals surface area (Å²) in [6.45, 7) is 1.13. The van der Waals surface area contributed by atoms with E-state index in [2.05, 4.69) is 10.3 Å². The number of nitrogens with zero attached hydrogens (tertiary/aromatic N) is 2. The van der Waals surface area contributed by atoms with Crippen LogP contribution in [0, 0.1) is 5.82 Å². The zero-order chi connectivity index (χ0) is 19.6. The maximum Gasteiger partial charge on any atom is 0.253 e. The first-order valence-electron chi connectivity index (χ1n) is 9.48. The van der Waals surface area contributed by atoms with Crippen LogP contribution in [0.15, 0.2) is 48.8 Å². The lowest BCUT2D eigenvalue weighted by molar-refractivity contribution is -0.135. The smallest absolute Gasteiger partial charge is 0.253 e. The van der Waals surface area contributed by atoms with Crippen molar-refractivity contribution in [3.05, 3.63) is 60.2 Å². The maximum absolute atomic E-state index is 13.1. The van der Waals surface area contributed by atoms with Crippen LogP contribution in [-0.4, -0.2) is 46.5 Å². The van der Waals surface area contributed by atoms with Gasteiger partial charge in [-0.05, 0) is 62.1 Å². The number of ether oxygens (including phenoxy) is 1. The minimum Gasteiger partial charge on any atom is -0.362 e. The Morgan fingerprint density at radius 3 is 2.57 bits per heavy atom. The van der Waals surface area contributed by atoms with Gasteiger partial charge in [0.15, 0.2) is 0 Å². The second-order valence-electron chi connectivity index (χ2n) is 7.36. The number of hydrogen-bond acceptors (Lipinski definition) is 4. The van der Waals surface area contributed by atoms with E-state index in [1.165, 1.54) is 24.3 Å². The topological polar surface area (TPSA) is 71.5 Å². The van der Waals surface area contributed by atoms with E-state index in [0.29, 0.717) is 43.6 Å². The van der Waals surface area contributed by atoms with Crippen molar-refractivity contribution in [3.8, 4) is 0 Å². The first-order valence-corrected chi connectivity index (χ1v) is 9.48. The third kappa shape index (κ3) is 3.89. The number of benzene rings is 1. The zero-order valence-electron chi connectivity index (χ0n) is 15.4. The number of rotatable bonds is 3. The van der Waals surface area contributed by atoms with Crippen LogP contribution < -0.4 is 5.32 Å². The molecule has 6 nitrogen and oxygen atoms in total. The molecule has 1 N–H and O–H groups in total. The summed E-state index contributed by atoms with van der Waals surface area (Å²) >= 11 is 0. The molecule has 2 aliphatic heterocycles. The maximum atomic E-state index is 13.1. The molecule has 2 aliphatic rings. The first kappa shape index (κ1) is 18.6. The van der Waals surface area contributed by atoms with E-state index in [1.807, 2.05) is 0 Å². The van der Waals surface area contributed by atoms with Gasteiger partial charge in [0.05, 0.1) is 17.5 Å². The van der Waals surface area contributed by atoms with Crippen LogP contribution in [0.2, 0.25) is 0 Å². The van der Waals surface area contributed by atoms with Crippen LogP contribution in [0.5, 0.6) is 0 Å². The van der Waals surface area contributed by atoms with E-state index in [9.17, 15) is 14.0 Å². The first-order chi connectivity index (χ1) is 13.5. The van der Waals surface area contributed by atoms with Gasteiger partial charge in [0, 0.05) is 24.8 Å². The van der Waals surface area contributed by atoms with E-state index >= 15 is 0 Å². The summed E-state index contributed by atoms with van der Waals surface area (Å²) in [5.41, 5.74) is 0.784. The lowest BCUT2D eigenvalue weighted by Gasteiger charge is -2.39. The van der Waals surface area contributed by atoms with Gasteiger partial charge >= 0.3 is 0 Å². The lowest BCUT2D eigenvalue weighted by atomic mass is 9.88. The molecular weight excluding hydrogens is 361 g/mol. The fourth-order valence-electron chi connectivity index (χ4n) is 3.92. The third-order valence-electron chi connectivity index (χ3n) is 5.53. The van der Waals surface area contributed by atoms with E-state index in [0.717, 1.165) is 6.42 Å². The average Bonchev–Trinajstić information content (AvgIpc) is 3.13. The van der Waals surface area contributed by atoms with Gasteiger partial charge in [0.2, 0.25) is 0 Å². The highest BCUT2D eigenvalue weighted by Gasteiger charge is 2.45. The molecule has 4 rings (SSSR count). The Bertz CT molecular complexity index is 849. The van der Waals surface area contributed by atoms with Crippen LogP contribution in [0.3, 0.4) is 0 Å². The Kier molecular flexibility index (Phi) is 5.09. The number of nitrogens with one attached hydrogen (secondary N) is 1. The largest absolute Gasteiger partial charge is 0.362 e. The van der Waals surface area contributed by atoms with Crippen molar-refractivity contribution in [2.75, 3.05) is 18.4 Å². The Morgan fingerprint density at radius 1 is 1.14 bits per heavy atom. The predicted octanol–water partition coefficient (Wildman–Crippen LogP) is 3.01. The van der Waals surface area contributed by atoms with Crippen LogP contribution in [-0.2, 0) is 9.53 Å². The van der Waals surface area contributed by atoms with Crippen molar-refractivity contribution in [1.29, 1.82) is 0 Å². The fourth-order valence-corrected chi connectivity index (χ4v) is 3.92. The van der Waals surface area contributed by atoms with Crippen LogP contribution >= 0.6 is 0 Å². The molecule has 1 aromatic heterocycles. The molecule has 7 heteroatoms. The number of hydrogen-bond donors (Lipinski definition) is 1. The molecule has 0 saturated carbocycles. The standard InChI is InChI=1S/C21H22FN3O3/c22-16-5-3-15(4-6-16)20(27)25-12-9-21(10-13-25)8-7-18(28-21)19(26)24-17-2-1-11-23-14-17/h1-6,11,14,18H,7-10,12-13H2,(H,24,26). The number of halogens is 1. The molecule has 0 aliphatic carbocycles. The van der Waals surface area contributed by atoms with Crippen LogP contribution in [0.1, 0.15) is 36.0 Å². The van der Waals surface area contributed by atoms with Gasteiger partial charge in [-0.25, -0.2) is 4.39 Å². The van der Waals surface area contributed by atoms with Gasteiger partial charge < -0.3 is 15.0 Å². The molecule has 146 valence electrons. The van der Waals surface area contributed by atoms with Crippen molar-refractivity contribution in [2.24, 2.45) is 0 Å². The number of carbonyl (C=O) groups is 2. The van der Waals surface area contributed by atoms with Crippen LogP contribution in [0.25, 0.3) is 0 Å². The van der Waals surface area contributed by atoms with E-state index < -0.39 is 6.10 Å². The van der Waals surface area contributed by atoms with Gasteiger partial charge in [-0.1, -0.05) is 0 Å². The van der Waals surface area contributed by atoms with Crippen molar-refractivity contribution in [1.82, 2.24) is 9.88 Å². The summed E-state index contributed by atoms with van der Waals surface area (Å²) in [6, 6.07) is 9.16. The second-order valence-corrected chi connectivity index (χ2v) is 7.36. The highest BCUT2D eigenvalue weighted by atomic mass is 19.1. The Hall–Kier alpha value is -2.80. The highest BCUT2D eigenvalue weighted by Crippen LogP contribution is 2.39. The number of aromatic nitrogens is 1. The van der Waals surface area contributed by atoms with Crippen molar-refractivity contribution in [2.45, 2.75) is 37.4 Å². The monoisotopic (exact) mass is 383 g/mol. The van der Waals surface area contributed by atoms with Crippen LogP contribution in [0.4, 0.5) is 10.1 Å². The third-order valence-corrected chi connectivity index (χ3v) is 5.53. The molecule has 3 heterocycles. The SMILES string of the molecule is O=C(Nc1cccnc1)C1CCC2(CCN(C(=O)c3ccc(F)cc3)CC2)O1. The Labute approximate surface area is 162 Å². The fraction of sp³-hybridized carbons (Fsp3) is 0.381. The average molecular weight is 383 g/mol. The molecule has 2 aromatic rings. The lowest BCUT2D eigenvalue weighted by Crippen LogP contribution is -2.47. The van der Waals surface area contributed by atoms with Gasteiger partial charge in [-0.15, -0.1) is 0 Å². The molecular formula is C21H22FN3O3. The Balaban J connectivity index is 1.32. The number of anilines is 1. The molecule has 0 radical (unpaired) electrons. The molecule has 28 heavy (non-hydrogen) atoms. The van der Waals surface area contributed by atoms with E-state index in [1.54, 1.807) is 29.4 Å². The second kappa shape index (κ2) is 7.67. The molecule has 2 amide bonds. The summed E-state index contributed by atoms with van der Waals surface area (Å²) in [6.07, 6.45) is 5.61.